The Hall–Kier alpha value is -0.410. The molecule has 0 saturated carbocycles. The number of rotatable bonds is 1. The van der Waals surface area contributed by atoms with Gasteiger partial charge >= 0.3 is 0 Å². The van der Waals surface area contributed by atoms with Gasteiger partial charge < -0.3 is 4.74 Å². The van der Waals surface area contributed by atoms with Crippen LogP contribution in [0, 0.1) is 0 Å². The second kappa shape index (κ2) is 3.39. The van der Waals surface area contributed by atoms with E-state index in [1.807, 2.05) is 0 Å². The average Bonchev–Trinajstić information content (AvgIpc) is 2.54. The Balaban J connectivity index is 1.96. The highest BCUT2D eigenvalue weighted by molar-refractivity contribution is 5.79. The van der Waals surface area contributed by atoms with E-state index in [1.165, 1.54) is 0 Å². The number of piperidine rings is 1. The SMILES string of the molecule is CC1(N2CCC(=O)CC2)CCOC1. The number of carbonyl (C=O) groups excluding carboxylic acids is 1. The Labute approximate surface area is 79.0 Å². The molecule has 2 rings (SSSR count). The van der Waals surface area contributed by atoms with Gasteiger partial charge in [-0.05, 0) is 13.3 Å². The lowest BCUT2D eigenvalue weighted by atomic mass is 9.95. The monoisotopic (exact) mass is 183 g/mol. The Morgan fingerprint density at radius 2 is 2.08 bits per heavy atom. The van der Waals surface area contributed by atoms with Crippen molar-refractivity contribution in [2.75, 3.05) is 26.3 Å². The minimum atomic E-state index is 0.209. The first-order chi connectivity index (χ1) is 6.21. The molecule has 0 N–H and O–H groups in total. The third kappa shape index (κ3) is 1.76. The van der Waals surface area contributed by atoms with Crippen molar-refractivity contribution in [2.24, 2.45) is 0 Å². The zero-order chi connectivity index (χ0) is 9.31. The van der Waals surface area contributed by atoms with Gasteiger partial charge in [0.2, 0.25) is 0 Å². The highest BCUT2D eigenvalue weighted by Crippen LogP contribution is 2.27. The fourth-order valence-electron chi connectivity index (χ4n) is 2.20. The van der Waals surface area contributed by atoms with E-state index in [9.17, 15) is 4.79 Å². The van der Waals surface area contributed by atoms with Gasteiger partial charge in [-0.25, -0.2) is 0 Å². The molecule has 0 bridgehead atoms. The van der Waals surface area contributed by atoms with E-state index in [2.05, 4.69) is 11.8 Å². The van der Waals surface area contributed by atoms with E-state index in [4.69, 9.17) is 4.74 Å². The van der Waals surface area contributed by atoms with Crippen molar-refractivity contribution in [2.45, 2.75) is 31.7 Å². The van der Waals surface area contributed by atoms with Crippen LogP contribution in [0.25, 0.3) is 0 Å². The van der Waals surface area contributed by atoms with Crippen molar-refractivity contribution in [3.05, 3.63) is 0 Å². The van der Waals surface area contributed by atoms with Gasteiger partial charge in [0.1, 0.15) is 5.78 Å². The molecule has 0 aromatic rings. The predicted octanol–water partition coefficient (Wildman–Crippen LogP) is 0.830. The Morgan fingerprint density at radius 1 is 1.38 bits per heavy atom. The van der Waals surface area contributed by atoms with Crippen LogP contribution in [0.2, 0.25) is 0 Å². The molecule has 2 aliphatic rings. The first-order valence-corrected chi connectivity index (χ1v) is 5.05. The molecule has 2 aliphatic heterocycles. The largest absolute Gasteiger partial charge is 0.379 e. The van der Waals surface area contributed by atoms with Gasteiger partial charge in [0.05, 0.1) is 6.61 Å². The molecule has 13 heavy (non-hydrogen) atoms. The lowest BCUT2D eigenvalue weighted by molar-refractivity contribution is -0.122. The van der Waals surface area contributed by atoms with E-state index >= 15 is 0 Å². The van der Waals surface area contributed by atoms with Crippen molar-refractivity contribution in [1.29, 1.82) is 0 Å². The first-order valence-electron chi connectivity index (χ1n) is 5.05. The molecule has 0 amide bonds. The van der Waals surface area contributed by atoms with Crippen LogP contribution in [0.15, 0.2) is 0 Å². The molecule has 3 heteroatoms. The summed E-state index contributed by atoms with van der Waals surface area (Å²) in [6, 6.07) is 0. The number of hydrogen-bond acceptors (Lipinski definition) is 3. The van der Waals surface area contributed by atoms with Crippen LogP contribution in [-0.2, 0) is 9.53 Å². The van der Waals surface area contributed by atoms with Crippen LogP contribution in [-0.4, -0.2) is 42.5 Å². The summed E-state index contributed by atoms with van der Waals surface area (Å²) in [7, 11) is 0. The molecule has 1 atom stereocenters. The lowest BCUT2D eigenvalue weighted by Crippen LogP contribution is -2.50. The molecule has 0 aromatic carbocycles. The van der Waals surface area contributed by atoms with Crippen LogP contribution in [0.4, 0.5) is 0 Å². The quantitative estimate of drug-likeness (QED) is 0.603. The molecule has 2 heterocycles. The summed E-state index contributed by atoms with van der Waals surface area (Å²) in [6.07, 6.45) is 2.58. The topological polar surface area (TPSA) is 29.5 Å². The van der Waals surface area contributed by atoms with Crippen molar-refractivity contribution in [3.63, 3.8) is 0 Å². The number of hydrogen-bond donors (Lipinski definition) is 0. The average molecular weight is 183 g/mol. The minimum Gasteiger partial charge on any atom is -0.379 e. The zero-order valence-corrected chi connectivity index (χ0v) is 8.21. The van der Waals surface area contributed by atoms with Crippen molar-refractivity contribution >= 4 is 5.78 Å². The second-order valence-corrected chi connectivity index (χ2v) is 4.33. The summed E-state index contributed by atoms with van der Waals surface area (Å²) in [5.74, 6) is 0.416. The molecule has 0 aromatic heterocycles. The van der Waals surface area contributed by atoms with Gasteiger partial charge in [-0.15, -0.1) is 0 Å². The van der Waals surface area contributed by atoms with Crippen LogP contribution < -0.4 is 0 Å². The summed E-state index contributed by atoms with van der Waals surface area (Å²) in [6.45, 7) is 5.81. The van der Waals surface area contributed by atoms with Crippen molar-refractivity contribution in [1.82, 2.24) is 4.90 Å². The van der Waals surface area contributed by atoms with E-state index in [1.54, 1.807) is 0 Å². The minimum absolute atomic E-state index is 0.209. The molecule has 0 spiro atoms. The smallest absolute Gasteiger partial charge is 0.135 e. The third-order valence-corrected chi connectivity index (χ3v) is 3.28. The first kappa shape index (κ1) is 9.16. The normalized spacial score (nSPS) is 36.8. The fourth-order valence-corrected chi connectivity index (χ4v) is 2.20. The maximum absolute atomic E-state index is 11.1. The van der Waals surface area contributed by atoms with E-state index in [0.29, 0.717) is 5.78 Å². The summed E-state index contributed by atoms with van der Waals surface area (Å²) in [5.41, 5.74) is 0.209. The van der Waals surface area contributed by atoms with Crippen LogP contribution >= 0.6 is 0 Å². The number of carbonyl (C=O) groups is 1. The number of Topliss-reactive ketones (excluding diaryl/α,β-unsaturated/α-hetero) is 1. The van der Waals surface area contributed by atoms with Crippen LogP contribution in [0.1, 0.15) is 26.2 Å². The van der Waals surface area contributed by atoms with E-state index in [-0.39, 0.29) is 5.54 Å². The molecule has 2 saturated heterocycles. The van der Waals surface area contributed by atoms with E-state index < -0.39 is 0 Å². The highest BCUT2D eigenvalue weighted by Gasteiger charge is 2.37. The maximum Gasteiger partial charge on any atom is 0.135 e. The Bertz CT molecular complexity index is 199. The standard InChI is InChI=1S/C10H17NO2/c1-10(4-7-13-8-10)11-5-2-9(12)3-6-11/h2-8H2,1H3. The number of ketones is 1. The molecule has 0 radical (unpaired) electrons. The molecule has 2 fully saturated rings. The van der Waals surface area contributed by atoms with Gasteiger partial charge in [0, 0.05) is 38.1 Å². The third-order valence-electron chi connectivity index (χ3n) is 3.28. The van der Waals surface area contributed by atoms with Crippen molar-refractivity contribution < 1.29 is 9.53 Å². The Kier molecular flexibility index (Phi) is 2.39. The van der Waals surface area contributed by atoms with Gasteiger partial charge in [-0.3, -0.25) is 9.69 Å². The van der Waals surface area contributed by atoms with Gasteiger partial charge in [0.15, 0.2) is 0 Å². The van der Waals surface area contributed by atoms with Crippen LogP contribution in [0.3, 0.4) is 0 Å². The molecule has 0 aliphatic carbocycles. The maximum atomic E-state index is 11.1. The van der Waals surface area contributed by atoms with Crippen molar-refractivity contribution in [3.8, 4) is 0 Å². The van der Waals surface area contributed by atoms with Gasteiger partial charge in [-0.1, -0.05) is 0 Å². The lowest BCUT2D eigenvalue weighted by Gasteiger charge is -2.39. The predicted molar refractivity (Wildman–Crippen MR) is 49.7 cm³/mol. The van der Waals surface area contributed by atoms with Gasteiger partial charge in [-0.2, -0.15) is 0 Å². The van der Waals surface area contributed by atoms with Gasteiger partial charge in [0.25, 0.3) is 0 Å². The molecule has 74 valence electrons. The zero-order valence-electron chi connectivity index (χ0n) is 8.21. The van der Waals surface area contributed by atoms with E-state index in [0.717, 1.165) is 45.6 Å². The second-order valence-electron chi connectivity index (χ2n) is 4.33. The molecular weight excluding hydrogens is 166 g/mol. The Morgan fingerprint density at radius 3 is 2.62 bits per heavy atom. The number of likely N-dealkylation sites (tertiary alicyclic amines) is 1. The number of nitrogens with zero attached hydrogens (tertiary/aromatic N) is 1. The summed E-state index contributed by atoms with van der Waals surface area (Å²) in [4.78, 5) is 13.5. The summed E-state index contributed by atoms with van der Waals surface area (Å²) < 4.78 is 5.41. The summed E-state index contributed by atoms with van der Waals surface area (Å²) in [5, 5.41) is 0. The molecule has 3 nitrogen and oxygen atoms in total. The summed E-state index contributed by atoms with van der Waals surface area (Å²) >= 11 is 0. The van der Waals surface area contributed by atoms with Crippen LogP contribution in [0.5, 0.6) is 0 Å². The fraction of sp³-hybridized carbons (Fsp3) is 0.900. The number of ether oxygens (including phenoxy) is 1. The molecular formula is C10H17NO2. The molecule has 1 unspecified atom stereocenters. The highest BCUT2D eigenvalue weighted by atomic mass is 16.5.